The van der Waals surface area contributed by atoms with Gasteiger partial charge < -0.3 is 13.9 Å². The van der Waals surface area contributed by atoms with Crippen molar-refractivity contribution in [3.63, 3.8) is 0 Å². The molecule has 2 aromatic carbocycles. The number of carbonyl (C=O) groups is 1. The normalized spacial score (nSPS) is 11.1. The van der Waals surface area contributed by atoms with Crippen molar-refractivity contribution in [3.8, 4) is 17.2 Å². The molecule has 0 bridgehead atoms. The topological polar surface area (TPSA) is 74.5 Å². The lowest BCUT2D eigenvalue weighted by atomic mass is 10.2. The van der Waals surface area contributed by atoms with Gasteiger partial charge in [-0.2, -0.15) is 8.78 Å². The second kappa shape index (κ2) is 8.70. The lowest BCUT2D eigenvalue weighted by molar-refractivity contribution is -0.139. The van der Waals surface area contributed by atoms with Crippen molar-refractivity contribution in [1.29, 1.82) is 0 Å². The average molecular weight is 372 g/mol. The largest absolute Gasteiger partial charge is 0.452 e. The van der Waals surface area contributed by atoms with Crippen LogP contribution in [-0.2, 0) is 16.1 Å². The lowest BCUT2D eigenvalue weighted by Crippen LogP contribution is -2.01. The zero-order chi connectivity index (χ0) is 19.1. The summed E-state index contributed by atoms with van der Waals surface area (Å²) in [6, 6.07) is 15.0. The van der Waals surface area contributed by atoms with E-state index in [-0.39, 0.29) is 18.2 Å². The van der Waals surface area contributed by atoms with Crippen LogP contribution in [0.1, 0.15) is 11.5 Å². The highest BCUT2D eigenvalue weighted by molar-refractivity contribution is 5.87. The van der Waals surface area contributed by atoms with Crippen LogP contribution in [0.15, 0.2) is 65.1 Å². The Morgan fingerprint density at radius 3 is 2.52 bits per heavy atom. The number of rotatable bonds is 7. The Morgan fingerprint density at radius 2 is 1.81 bits per heavy atom. The van der Waals surface area contributed by atoms with Crippen molar-refractivity contribution in [3.05, 3.63) is 72.1 Å². The molecule has 0 saturated heterocycles. The third kappa shape index (κ3) is 5.46. The Bertz CT molecular complexity index is 909. The molecule has 0 aliphatic rings. The first kappa shape index (κ1) is 18.2. The molecule has 0 aliphatic carbocycles. The predicted octanol–water partition coefficient (Wildman–Crippen LogP) is 4.09. The number of benzene rings is 2. The van der Waals surface area contributed by atoms with E-state index in [0.717, 1.165) is 5.56 Å². The van der Waals surface area contributed by atoms with Crippen molar-refractivity contribution in [2.45, 2.75) is 13.2 Å². The SMILES string of the molecule is O=C(/C=C/c1ccc(OC(F)F)cc1)OCc1nnc(-c2ccccc2)o1. The molecule has 6 nitrogen and oxygen atoms in total. The number of hydrogen-bond acceptors (Lipinski definition) is 6. The van der Waals surface area contributed by atoms with Crippen LogP contribution in [0.3, 0.4) is 0 Å². The summed E-state index contributed by atoms with van der Waals surface area (Å²) in [5, 5.41) is 7.72. The van der Waals surface area contributed by atoms with Gasteiger partial charge in [0.05, 0.1) is 0 Å². The molecule has 0 saturated carbocycles. The van der Waals surface area contributed by atoms with E-state index in [9.17, 15) is 13.6 Å². The Balaban J connectivity index is 1.51. The van der Waals surface area contributed by atoms with Crippen LogP contribution < -0.4 is 4.74 Å². The summed E-state index contributed by atoms with van der Waals surface area (Å²) in [5.74, 6) is -0.0647. The van der Waals surface area contributed by atoms with Gasteiger partial charge in [-0.05, 0) is 35.9 Å². The van der Waals surface area contributed by atoms with Gasteiger partial charge in [0.1, 0.15) is 5.75 Å². The molecule has 138 valence electrons. The van der Waals surface area contributed by atoms with Gasteiger partial charge in [0, 0.05) is 11.6 Å². The summed E-state index contributed by atoms with van der Waals surface area (Å²) in [7, 11) is 0. The first-order valence-corrected chi connectivity index (χ1v) is 7.87. The van der Waals surface area contributed by atoms with E-state index in [2.05, 4.69) is 14.9 Å². The number of carbonyl (C=O) groups excluding carboxylic acids is 1. The number of hydrogen-bond donors (Lipinski definition) is 0. The molecule has 0 amide bonds. The van der Waals surface area contributed by atoms with Crippen LogP contribution in [0.5, 0.6) is 5.75 Å². The number of nitrogens with zero attached hydrogens (tertiary/aromatic N) is 2. The Hall–Kier alpha value is -3.55. The molecule has 1 heterocycles. The molecule has 0 spiro atoms. The minimum Gasteiger partial charge on any atom is -0.452 e. The van der Waals surface area contributed by atoms with Crippen molar-refractivity contribution in [2.75, 3.05) is 0 Å². The standard InChI is InChI=1S/C19H14F2N2O4/c20-19(21)26-15-9-6-13(7-10-15)8-11-17(24)25-12-16-22-23-18(27-16)14-4-2-1-3-5-14/h1-11,19H,12H2/b11-8+. The van der Waals surface area contributed by atoms with E-state index < -0.39 is 12.6 Å². The molecule has 3 aromatic rings. The lowest BCUT2D eigenvalue weighted by Gasteiger charge is -2.03. The van der Waals surface area contributed by atoms with Gasteiger partial charge in [-0.15, -0.1) is 10.2 Å². The van der Waals surface area contributed by atoms with Crippen LogP contribution >= 0.6 is 0 Å². The van der Waals surface area contributed by atoms with Gasteiger partial charge in [0.15, 0.2) is 6.61 Å². The number of esters is 1. The number of halogens is 2. The van der Waals surface area contributed by atoms with Gasteiger partial charge in [-0.3, -0.25) is 0 Å². The molecule has 0 aliphatic heterocycles. The highest BCUT2D eigenvalue weighted by Gasteiger charge is 2.09. The van der Waals surface area contributed by atoms with Gasteiger partial charge in [0.25, 0.3) is 5.89 Å². The summed E-state index contributed by atoms with van der Waals surface area (Å²) in [6.45, 7) is -3.04. The van der Waals surface area contributed by atoms with E-state index in [4.69, 9.17) is 9.15 Å². The third-order valence-corrected chi connectivity index (χ3v) is 3.34. The molecule has 3 rings (SSSR count). The van der Waals surface area contributed by atoms with Gasteiger partial charge in [-0.1, -0.05) is 30.3 Å². The summed E-state index contributed by atoms with van der Waals surface area (Å²) >= 11 is 0. The van der Waals surface area contributed by atoms with Crippen molar-refractivity contribution in [1.82, 2.24) is 10.2 Å². The molecule has 0 radical (unpaired) electrons. The van der Waals surface area contributed by atoms with Crippen LogP contribution in [0.4, 0.5) is 8.78 Å². The van der Waals surface area contributed by atoms with E-state index in [1.54, 1.807) is 0 Å². The summed E-state index contributed by atoms with van der Waals surface area (Å²) < 4.78 is 38.9. The van der Waals surface area contributed by atoms with Crippen molar-refractivity contribution in [2.24, 2.45) is 0 Å². The number of alkyl halides is 2. The summed E-state index contributed by atoms with van der Waals surface area (Å²) in [5.41, 5.74) is 1.39. The maximum Gasteiger partial charge on any atom is 0.387 e. The van der Waals surface area contributed by atoms with Gasteiger partial charge >= 0.3 is 12.6 Å². The van der Waals surface area contributed by atoms with Crippen LogP contribution in [0.25, 0.3) is 17.5 Å². The fraction of sp³-hybridized carbons (Fsp3) is 0.105. The smallest absolute Gasteiger partial charge is 0.387 e. The fourth-order valence-corrected chi connectivity index (χ4v) is 2.11. The highest BCUT2D eigenvalue weighted by Crippen LogP contribution is 2.18. The van der Waals surface area contributed by atoms with Crippen LogP contribution in [0, 0.1) is 0 Å². The zero-order valence-electron chi connectivity index (χ0n) is 13.9. The molecule has 0 atom stereocenters. The highest BCUT2D eigenvalue weighted by atomic mass is 19.3. The van der Waals surface area contributed by atoms with Gasteiger partial charge in [-0.25, -0.2) is 4.79 Å². The quantitative estimate of drug-likeness (QED) is 0.459. The minimum absolute atomic E-state index is 0.0374. The maximum atomic E-state index is 12.1. The maximum absolute atomic E-state index is 12.1. The Labute approximate surface area is 153 Å². The van der Waals surface area contributed by atoms with E-state index in [0.29, 0.717) is 11.5 Å². The Morgan fingerprint density at radius 1 is 1.07 bits per heavy atom. The van der Waals surface area contributed by atoms with Crippen molar-refractivity contribution >= 4 is 12.0 Å². The summed E-state index contributed by atoms with van der Waals surface area (Å²) in [6.07, 6.45) is 2.69. The monoisotopic (exact) mass is 372 g/mol. The van der Waals surface area contributed by atoms with Crippen LogP contribution in [-0.4, -0.2) is 22.8 Å². The first-order valence-electron chi connectivity index (χ1n) is 7.87. The van der Waals surface area contributed by atoms with E-state index in [1.807, 2.05) is 30.3 Å². The molecule has 0 unspecified atom stereocenters. The van der Waals surface area contributed by atoms with Crippen LogP contribution in [0.2, 0.25) is 0 Å². The van der Waals surface area contributed by atoms with Gasteiger partial charge in [0.2, 0.25) is 5.89 Å². The third-order valence-electron chi connectivity index (χ3n) is 3.34. The zero-order valence-corrected chi connectivity index (χ0v) is 13.9. The number of ether oxygens (including phenoxy) is 2. The predicted molar refractivity (Wildman–Crippen MR) is 91.6 cm³/mol. The molecule has 8 heteroatoms. The second-order valence-electron chi connectivity index (χ2n) is 5.26. The second-order valence-corrected chi connectivity index (χ2v) is 5.26. The molecule has 0 fully saturated rings. The Kier molecular flexibility index (Phi) is 5.88. The molecule has 1 aromatic heterocycles. The van der Waals surface area contributed by atoms with E-state index in [1.165, 1.54) is 36.4 Å². The molecule has 0 N–H and O–H groups in total. The average Bonchev–Trinajstić information content (AvgIpc) is 3.15. The van der Waals surface area contributed by atoms with Crippen molar-refractivity contribution < 1.29 is 27.5 Å². The first-order chi connectivity index (χ1) is 13.1. The molecule has 27 heavy (non-hydrogen) atoms. The van der Waals surface area contributed by atoms with E-state index >= 15 is 0 Å². The molecular formula is C19H14F2N2O4. The number of aromatic nitrogens is 2. The minimum atomic E-state index is -2.88. The fourth-order valence-electron chi connectivity index (χ4n) is 2.11. The molecular weight excluding hydrogens is 358 g/mol. The summed E-state index contributed by atoms with van der Waals surface area (Å²) in [4.78, 5) is 11.8.